The lowest BCUT2D eigenvalue weighted by atomic mass is 10.2. The molecule has 0 spiro atoms. The van der Waals surface area contributed by atoms with Crippen molar-refractivity contribution >= 4 is 17.5 Å². The summed E-state index contributed by atoms with van der Waals surface area (Å²) in [6.45, 7) is 3.82. The third-order valence-corrected chi connectivity index (χ3v) is 4.86. The second kappa shape index (κ2) is 7.90. The maximum absolute atomic E-state index is 12.7. The van der Waals surface area contributed by atoms with Crippen LogP contribution in [0.3, 0.4) is 0 Å². The molecule has 1 aliphatic rings. The molecule has 3 aromatic rings. The Balaban J connectivity index is 1.36. The monoisotopic (exact) mass is 382 g/mol. The van der Waals surface area contributed by atoms with Gasteiger partial charge in [-0.1, -0.05) is 41.9 Å². The molecular formula is C20H19ClN4O2. The molecule has 4 rings (SSSR count). The van der Waals surface area contributed by atoms with Crippen molar-refractivity contribution in [3.63, 3.8) is 0 Å². The van der Waals surface area contributed by atoms with Gasteiger partial charge in [-0.25, -0.2) is 0 Å². The molecule has 0 radical (unpaired) electrons. The van der Waals surface area contributed by atoms with Crippen molar-refractivity contribution in [2.24, 2.45) is 0 Å². The summed E-state index contributed by atoms with van der Waals surface area (Å²) in [7, 11) is 0. The largest absolute Gasteiger partial charge is 0.412 e. The molecule has 7 heteroatoms. The van der Waals surface area contributed by atoms with E-state index in [4.69, 9.17) is 16.0 Å². The zero-order valence-electron chi connectivity index (χ0n) is 14.7. The Morgan fingerprint density at radius 2 is 1.67 bits per heavy atom. The van der Waals surface area contributed by atoms with Gasteiger partial charge >= 0.3 is 11.8 Å². The maximum atomic E-state index is 12.7. The number of piperazine rings is 1. The van der Waals surface area contributed by atoms with E-state index < -0.39 is 0 Å². The van der Waals surface area contributed by atoms with Gasteiger partial charge in [-0.05, 0) is 29.8 Å². The van der Waals surface area contributed by atoms with Crippen LogP contribution < -0.4 is 0 Å². The number of aromatic nitrogens is 2. The van der Waals surface area contributed by atoms with Crippen molar-refractivity contribution in [2.75, 3.05) is 26.2 Å². The summed E-state index contributed by atoms with van der Waals surface area (Å²) >= 11 is 5.89. The number of hydrogen-bond acceptors (Lipinski definition) is 5. The van der Waals surface area contributed by atoms with Crippen LogP contribution in [-0.4, -0.2) is 52.1 Å². The van der Waals surface area contributed by atoms with Crippen LogP contribution in [0.15, 0.2) is 59.0 Å². The number of rotatable bonds is 4. The normalized spacial score (nSPS) is 15.1. The highest BCUT2D eigenvalue weighted by molar-refractivity contribution is 6.30. The first-order valence-corrected chi connectivity index (χ1v) is 9.22. The zero-order valence-corrected chi connectivity index (χ0v) is 15.5. The van der Waals surface area contributed by atoms with Crippen LogP contribution >= 0.6 is 11.6 Å². The number of amides is 1. The number of carbonyl (C=O) groups excluding carboxylic acids is 1. The van der Waals surface area contributed by atoms with Crippen molar-refractivity contribution in [1.29, 1.82) is 0 Å². The molecule has 2 heterocycles. The predicted octanol–water partition coefficient (Wildman–Crippen LogP) is 3.35. The minimum atomic E-state index is -0.220. The number of hydrogen-bond donors (Lipinski definition) is 0. The highest BCUT2D eigenvalue weighted by Gasteiger charge is 2.26. The number of halogens is 1. The van der Waals surface area contributed by atoms with E-state index in [1.54, 1.807) is 29.2 Å². The molecule has 2 aromatic carbocycles. The van der Waals surface area contributed by atoms with Gasteiger partial charge in [0, 0.05) is 43.3 Å². The molecule has 1 amide bonds. The van der Waals surface area contributed by atoms with Gasteiger partial charge < -0.3 is 9.32 Å². The predicted molar refractivity (Wildman–Crippen MR) is 102 cm³/mol. The van der Waals surface area contributed by atoms with Crippen molar-refractivity contribution in [1.82, 2.24) is 20.0 Å². The summed E-state index contributed by atoms with van der Waals surface area (Å²) in [6.07, 6.45) is 0. The molecular weight excluding hydrogens is 364 g/mol. The molecule has 0 atom stereocenters. The van der Waals surface area contributed by atoms with Crippen LogP contribution in [0.1, 0.15) is 16.2 Å². The van der Waals surface area contributed by atoms with Gasteiger partial charge in [-0.15, -0.1) is 10.2 Å². The number of carbonyl (C=O) groups is 1. The Labute approximate surface area is 162 Å². The SMILES string of the molecule is O=C(c1nnc(-c2ccc(Cl)cc2)o1)N1CCN(Cc2ccccc2)CC1. The molecule has 1 fully saturated rings. The van der Waals surface area contributed by atoms with E-state index in [1.807, 2.05) is 18.2 Å². The summed E-state index contributed by atoms with van der Waals surface area (Å²) in [6, 6.07) is 17.4. The summed E-state index contributed by atoms with van der Waals surface area (Å²) in [4.78, 5) is 16.8. The Kier molecular flexibility index (Phi) is 5.18. The summed E-state index contributed by atoms with van der Waals surface area (Å²) in [5.74, 6) is 0.122. The fourth-order valence-electron chi connectivity index (χ4n) is 3.10. The van der Waals surface area contributed by atoms with E-state index in [0.717, 1.165) is 25.2 Å². The lowest BCUT2D eigenvalue weighted by molar-refractivity contribution is 0.0590. The van der Waals surface area contributed by atoms with Crippen LogP contribution in [0, 0.1) is 0 Å². The molecule has 1 aromatic heterocycles. The average Bonchev–Trinajstić information content (AvgIpc) is 3.20. The first-order valence-electron chi connectivity index (χ1n) is 8.84. The molecule has 1 saturated heterocycles. The lowest BCUT2D eigenvalue weighted by Gasteiger charge is -2.34. The molecule has 0 N–H and O–H groups in total. The van der Waals surface area contributed by atoms with Gasteiger partial charge in [-0.2, -0.15) is 0 Å². The van der Waals surface area contributed by atoms with Crippen molar-refractivity contribution in [3.05, 3.63) is 71.1 Å². The molecule has 138 valence electrons. The number of nitrogens with zero attached hydrogens (tertiary/aromatic N) is 4. The van der Waals surface area contributed by atoms with Crippen LogP contribution in [0.5, 0.6) is 0 Å². The van der Waals surface area contributed by atoms with Gasteiger partial charge in [0.15, 0.2) is 0 Å². The van der Waals surface area contributed by atoms with Crippen molar-refractivity contribution in [3.8, 4) is 11.5 Å². The summed E-state index contributed by atoms with van der Waals surface area (Å²) in [5.41, 5.74) is 2.01. The molecule has 0 unspecified atom stereocenters. The maximum Gasteiger partial charge on any atom is 0.311 e. The van der Waals surface area contributed by atoms with Gasteiger partial charge in [0.25, 0.3) is 0 Å². The second-order valence-corrected chi connectivity index (χ2v) is 6.91. The van der Waals surface area contributed by atoms with E-state index in [1.165, 1.54) is 5.56 Å². The Bertz CT molecular complexity index is 903. The quantitative estimate of drug-likeness (QED) is 0.692. The first-order chi connectivity index (χ1) is 13.2. The van der Waals surface area contributed by atoms with Crippen LogP contribution in [0.2, 0.25) is 5.02 Å². The molecule has 0 bridgehead atoms. The minimum Gasteiger partial charge on any atom is -0.412 e. The van der Waals surface area contributed by atoms with Gasteiger partial charge in [-0.3, -0.25) is 9.69 Å². The van der Waals surface area contributed by atoms with E-state index in [0.29, 0.717) is 24.0 Å². The first kappa shape index (κ1) is 17.7. The fraction of sp³-hybridized carbons (Fsp3) is 0.250. The summed E-state index contributed by atoms with van der Waals surface area (Å²) < 4.78 is 5.58. The molecule has 0 aliphatic carbocycles. The number of benzene rings is 2. The highest BCUT2D eigenvalue weighted by atomic mass is 35.5. The van der Waals surface area contributed by atoms with E-state index >= 15 is 0 Å². The topological polar surface area (TPSA) is 62.5 Å². The molecule has 6 nitrogen and oxygen atoms in total. The minimum absolute atomic E-state index is 0.0245. The van der Waals surface area contributed by atoms with Crippen molar-refractivity contribution in [2.45, 2.75) is 6.54 Å². The van der Waals surface area contributed by atoms with Gasteiger partial charge in [0.05, 0.1) is 0 Å². The van der Waals surface area contributed by atoms with Crippen molar-refractivity contribution < 1.29 is 9.21 Å². The second-order valence-electron chi connectivity index (χ2n) is 6.47. The van der Waals surface area contributed by atoms with E-state index in [9.17, 15) is 4.79 Å². The Hall–Kier alpha value is -2.70. The Morgan fingerprint density at radius 3 is 2.37 bits per heavy atom. The third-order valence-electron chi connectivity index (χ3n) is 4.61. The van der Waals surface area contributed by atoms with Crippen LogP contribution in [0.25, 0.3) is 11.5 Å². The van der Waals surface area contributed by atoms with Crippen LogP contribution in [-0.2, 0) is 6.54 Å². The van der Waals surface area contributed by atoms with Gasteiger partial charge in [0.2, 0.25) is 5.89 Å². The standard InChI is InChI=1S/C20H19ClN4O2/c21-17-8-6-16(7-9-17)18-22-23-19(27-18)20(26)25-12-10-24(11-13-25)14-15-4-2-1-3-5-15/h1-9H,10-14H2. The zero-order chi connectivity index (χ0) is 18.6. The highest BCUT2D eigenvalue weighted by Crippen LogP contribution is 2.21. The molecule has 0 saturated carbocycles. The Morgan fingerprint density at radius 1 is 0.963 bits per heavy atom. The summed E-state index contributed by atoms with van der Waals surface area (Å²) in [5, 5.41) is 8.54. The molecule has 1 aliphatic heterocycles. The average molecular weight is 383 g/mol. The molecule has 27 heavy (non-hydrogen) atoms. The van der Waals surface area contributed by atoms with Gasteiger partial charge in [0.1, 0.15) is 0 Å². The van der Waals surface area contributed by atoms with E-state index in [2.05, 4.69) is 27.2 Å². The smallest absolute Gasteiger partial charge is 0.311 e. The van der Waals surface area contributed by atoms with E-state index in [-0.39, 0.29) is 11.8 Å². The van der Waals surface area contributed by atoms with Crippen LogP contribution in [0.4, 0.5) is 0 Å². The third kappa shape index (κ3) is 4.18. The fourth-order valence-corrected chi connectivity index (χ4v) is 3.23. The lowest BCUT2D eigenvalue weighted by Crippen LogP contribution is -2.48.